The molecule has 8 heteroatoms. The van der Waals surface area contributed by atoms with Crippen molar-refractivity contribution >= 4 is 28.1 Å². The van der Waals surface area contributed by atoms with E-state index in [9.17, 15) is 9.59 Å². The van der Waals surface area contributed by atoms with Gasteiger partial charge in [-0.1, -0.05) is 43.4 Å². The molecule has 1 amide bonds. The predicted octanol–water partition coefficient (Wildman–Crippen LogP) is 4.65. The minimum atomic E-state index is -0.185. The van der Waals surface area contributed by atoms with E-state index in [1.165, 1.54) is 0 Å². The van der Waals surface area contributed by atoms with Gasteiger partial charge in [-0.15, -0.1) is 0 Å². The number of hydrogen-bond acceptors (Lipinski definition) is 6. The van der Waals surface area contributed by atoms with Crippen molar-refractivity contribution in [2.75, 3.05) is 0 Å². The lowest BCUT2D eigenvalue weighted by atomic mass is 10.0. The smallest absolute Gasteiger partial charge is 0.322 e. The molecule has 0 aliphatic heterocycles. The minimum absolute atomic E-state index is 0.106. The zero-order valence-electron chi connectivity index (χ0n) is 19.5. The fraction of sp³-hybridized carbons (Fsp3) is 0.308. The van der Waals surface area contributed by atoms with Crippen LogP contribution in [0.5, 0.6) is 5.75 Å². The zero-order chi connectivity index (χ0) is 24.1. The first-order valence-corrected chi connectivity index (χ1v) is 12.1. The van der Waals surface area contributed by atoms with Gasteiger partial charge in [-0.3, -0.25) is 14.6 Å². The number of carbonyl (C=O) groups is 1. The number of nitrogens with one attached hydrogen (secondary N) is 2. The van der Waals surface area contributed by atoms with Crippen LogP contribution >= 0.6 is 11.3 Å². The van der Waals surface area contributed by atoms with Gasteiger partial charge in [0, 0.05) is 34.7 Å². The summed E-state index contributed by atoms with van der Waals surface area (Å²) < 4.78 is 6.01. The summed E-state index contributed by atoms with van der Waals surface area (Å²) in [5.74, 6) is 0.926. The number of aromatic nitrogens is 3. The number of hydrogen-bond donors (Lipinski definition) is 2. The fourth-order valence-electron chi connectivity index (χ4n) is 3.97. The first-order chi connectivity index (χ1) is 16.4. The summed E-state index contributed by atoms with van der Waals surface area (Å²) in [5, 5.41) is 11.3. The summed E-state index contributed by atoms with van der Waals surface area (Å²) in [4.78, 5) is 28.6. The number of aromatic amines is 1. The fourth-order valence-corrected chi connectivity index (χ4v) is 4.65. The molecule has 2 aromatic heterocycles. The molecule has 34 heavy (non-hydrogen) atoms. The molecule has 1 unspecified atom stereocenters. The minimum Gasteiger partial charge on any atom is -0.489 e. The number of carbonyl (C=O) groups excluding carboxylic acids is 1. The number of aryl methyl sites for hydroxylation is 1. The SMILES string of the molecule is Cc1cc(COc2ccc(C(=O)NC(Cc3n[nH]c(=O)s3)CC(C)C)cc2)c2ccccc2n1. The highest BCUT2D eigenvalue weighted by molar-refractivity contribution is 7.08. The average molecular weight is 477 g/mol. The van der Waals surface area contributed by atoms with Crippen LogP contribution in [0.2, 0.25) is 0 Å². The average Bonchev–Trinajstić information content (AvgIpc) is 3.21. The third kappa shape index (κ3) is 6.08. The Hall–Kier alpha value is -3.52. The normalized spacial score (nSPS) is 12.1. The number of pyridine rings is 1. The van der Waals surface area contributed by atoms with Crippen molar-refractivity contribution in [3.05, 3.63) is 86.1 Å². The number of para-hydroxylation sites is 1. The first-order valence-electron chi connectivity index (χ1n) is 11.3. The Kier molecular flexibility index (Phi) is 7.37. The molecule has 0 radical (unpaired) electrons. The summed E-state index contributed by atoms with van der Waals surface area (Å²) in [6.45, 7) is 6.60. The van der Waals surface area contributed by atoms with Crippen molar-refractivity contribution in [2.45, 2.75) is 46.3 Å². The van der Waals surface area contributed by atoms with Crippen molar-refractivity contribution in [1.82, 2.24) is 20.5 Å². The van der Waals surface area contributed by atoms with Crippen LogP contribution in [0.4, 0.5) is 0 Å². The Morgan fingerprint density at radius 3 is 2.62 bits per heavy atom. The molecular formula is C26H28N4O3S. The van der Waals surface area contributed by atoms with Gasteiger partial charge < -0.3 is 10.1 Å². The summed E-state index contributed by atoms with van der Waals surface area (Å²) in [6.07, 6.45) is 1.31. The molecule has 2 N–H and O–H groups in total. The van der Waals surface area contributed by atoms with Crippen LogP contribution < -0.4 is 14.9 Å². The second-order valence-corrected chi connectivity index (χ2v) is 9.81. The lowest BCUT2D eigenvalue weighted by molar-refractivity contribution is 0.0932. The van der Waals surface area contributed by atoms with Crippen molar-refractivity contribution in [3.8, 4) is 5.75 Å². The first kappa shape index (κ1) is 23.6. The highest BCUT2D eigenvalue weighted by atomic mass is 32.1. The van der Waals surface area contributed by atoms with E-state index in [1.807, 2.05) is 49.4 Å². The second kappa shape index (κ2) is 10.6. The molecule has 0 aliphatic carbocycles. The van der Waals surface area contributed by atoms with E-state index >= 15 is 0 Å². The number of benzene rings is 2. The molecule has 1 atom stereocenters. The molecule has 4 rings (SSSR count). The maximum Gasteiger partial charge on any atom is 0.322 e. The molecular weight excluding hydrogens is 448 g/mol. The predicted molar refractivity (Wildman–Crippen MR) is 134 cm³/mol. The van der Waals surface area contributed by atoms with Crippen LogP contribution in [0.15, 0.2) is 59.4 Å². The number of nitrogens with zero attached hydrogens (tertiary/aromatic N) is 2. The molecule has 0 saturated carbocycles. The van der Waals surface area contributed by atoms with Crippen LogP contribution in [0.3, 0.4) is 0 Å². The van der Waals surface area contributed by atoms with E-state index in [0.717, 1.165) is 39.9 Å². The zero-order valence-corrected chi connectivity index (χ0v) is 20.3. The van der Waals surface area contributed by atoms with E-state index in [0.29, 0.717) is 35.3 Å². The van der Waals surface area contributed by atoms with Crippen LogP contribution in [0.1, 0.15) is 46.9 Å². The Labute approximate surface area is 202 Å². The molecule has 0 bridgehead atoms. The van der Waals surface area contributed by atoms with Gasteiger partial charge in [-0.05, 0) is 55.7 Å². The van der Waals surface area contributed by atoms with E-state index in [4.69, 9.17) is 4.74 Å². The molecule has 2 aromatic carbocycles. The Morgan fingerprint density at radius 2 is 1.91 bits per heavy atom. The van der Waals surface area contributed by atoms with E-state index in [2.05, 4.69) is 34.3 Å². The number of rotatable bonds is 9. The molecule has 176 valence electrons. The van der Waals surface area contributed by atoms with Gasteiger partial charge in [0.05, 0.1) is 5.52 Å². The molecule has 7 nitrogen and oxygen atoms in total. The number of H-pyrrole nitrogens is 1. The van der Waals surface area contributed by atoms with Gasteiger partial charge in [-0.25, -0.2) is 5.10 Å². The monoisotopic (exact) mass is 476 g/mol. The van der Waals surface area contributed by atoms with Crippen LogP contribution in [0.25, 0.3) is 10.9 Å². The molecule has 0 fully saturated rings. The highest BCUT2D eigenvalue weighted by Crippen LogP contribution is 2.21. The van der Waals surface area contributed by atoms with E-state index in [1.54, 1.807) is 12.1 Å². The van der Waals surface area contributed by atoms with Gasteiger partial charge >= 0.3 is 4.87 Å². The quantitative estimate of drug-likeness (QED) is 0.366. The summed E-state index contributed by atoms with van der Waals surface area (Å²) >= 11 is 1.08. The standard InChI is InChI=1S/C26H28N4O3S/c1-16(2)12-20(14-24-29-30-26(32)34-24)28-25(31)18-8-10-21(11-9-18)33-15-19-13-17(3)27-23-7-5-4-6-22(19)23/h4-11,13,16,20H,12,14-15H2,1-3H3,(H,28,31)(H,30,32). The second-order valence-electron chi connectivity index (χ2n) is 8.76. The molecule has 2 heterocycles. The number of amides is 1. The van der Waals surface area contributed by atoms with E-state index < -0.39 is 0 Å². The van der Waals surface area contributed by atoms with E-state index in [-0.39, 0.29) is 16.8 Å². The lowest BCUT2D eigenvalue weighted by Crippen LogP contribution is -2.37. The topological polar surface area (TPSA) is 97.0 Å². The van der Waals surface area contributed by atoms with Crippen LogP contribution in [0, 0.1) is 12.8 Å². The van der Waals surface area contributed by atoms with Gasteiger partial charge in [0.1, 0.15) is 17.4 Å². The largest absolute Gasteiger partial charge is 0.489 e. The molecule has 0 spiro atoms. The Balaban J connectivity index is 1.40. The van der Waals surface area contributed by atoms with Gasteiger partial charge in [0.15, 0.2) is 0 Å². The maximum atomic E-state index is 12.9. The van der Waals surface area contributed by atoms with Crippen LogP contribution in [-0.2, 0) is 13.0 Å². The van der Waals surface area contributed by atoms with Crippen molar-refractivity contribution in [2.24, 2.45) is 5.92 Å². The summed E-state index contributed by atoms with van der Waals surface area (Å²) in [6, 6.07) is 17.1. The number of fused-ring (bicyclic) bond motifs is 1. The van der Waals surface area contributed by atoms with Crippen molar-refractivity contribution in [3.63, 3.8) is 0 Å². The number of ether oxygens (including phenoxy) is 1. The Morgan fingerprint density at radius 1 is 1.15 bits per heavy atom. The Bertz CT molecular complexity index is 1330. The van der Waals surface area contributed by atoms with Crippen LogP contribution in [-0.4, -0.2) is 27.1 Å². The summed E-state index contributed by atoms with van der Waals surface area (Å²) in [5.41, 5.74) is 3.53. The van der Waals surface area contributed by atoms with Gasteiger partial charge in [0.2, 0.25) is 0 Å². The molecule has 4 aromatic rings. The maximum absolute atomic E-state index is 12.9. The van der Waals surface area contributed by atoms with Gasteiger partial charge in [-0.2, -0.15) is 5.10 Å². The molecule has 0 saturated heterocycles. The summed E-state index contributed by atoms with van der Waals surface area (Å²) in [7, 11) is 0. The molecule has 0 aliphatic rings. The van der Waals surface area contributed by atoms with Crippen molar-refractivity contribution < 1.29 is 9.53 Å². The van der Waals surface area contributed by atoms with Gasteiger partial charge in [0.25, 0.3) is 5.91 Å². The van der Waals surface area contributed by atoms with Crippen molar-refractivity contribution in [1.29, 1.82) is 0 Å². The highest BCUT2D eigenvalue weighted by Gasteiger charge is 2.18. The lowest BCUT2D eigenvalue weighted by Gasteiger charge is -2.19. The third-order valence-corrected chi connectivity index (χ3v) is 6.21. The third-order valence-electron chi connectivity index (χ3n) is 5.44.